The largest absolute Gasteiger partial charge is 3.00 e. The number of carbonyl (C=O) groups excluding carboxylic acids is 3. The Balaban J connectivity index is 0.000000164. The van der Waals surface area contributed by atoms with Gasteiger partial charge in [-0.3, -0.25) is 24.4 Å². The maximum absolute atomic E-state index is 12.5. The molecular formula is C48H50DyF9N2O6. The number of allylic oxidation sites excluding steroid dienone is 6. The summed E-state index contributed by atoms with van der Waals surface area (Å²) in [5, 5.41) is 36.2. The molecule has 6 aliphatic rings. The quantitative estimate of drug-likeness (QED) is 0.0938. The molecule has 0 N–H and O–H groups in total. The number of hydrogen-bond acceptors (Lipinski definition) is 8. The van der Waals surface area contributed by atoms with E-state index in [0.29, 0.717) is 38.5 Å². The van der Waals surface area contributed by atoms with Gasteiger partial charge in [-0.05, 0) is 119 Å². The molecule has 66 heavy (non-hydrogen) atoms. The first-order chi connectivity index (χ1) is 29.5. The fourth-order valence-corrected chi connectivity index (χ4v) is 11.5. The number of aromatic nitrogens is 2. The average Bonchev–Trinajstić information content (AvgIpc) is 3.83. The van der Waals surface area contributed by atoms with E-state index in [9.17, 15) is 69.2 Å². The van der Waals surface area contributed by atoms with E-state index in [1.54, 1.807) is 74.7 Å². The number of pyridine rings is 2. The Kier molecular flexibility index (Phi) is 13.8. The third-order valence-electron chi connectivity index (χ3n) is 16.8. The van der Waals surface area contributed by atoms with Crippen molar-refractivity contribution in [1.29, 1.82) is 0 Å². The van der Waals surface area contributed by atoms with Crippen LogP contribution >= 0.6 is 0 Å². The molecule has 1 aromatic carbocycles. The van der Waals surface area contributed by atoms with Gasteiger partial charge in [0.1, 0.15) is 0 Å². The third kappa shape index (κ3) is 8.05. The summed E-state index contributed by atoms with van der Waals surface area (Å²) in [5.41, 5.74) is -3.70. The van der Waals surface area contributed by atoms with Crippen molar-refractivity contribution in [2.75, 3.05) is 0 Å². The van der Waals surface area contributed by atoms with Crippen molar-refractivity contribution in [2.24, 2.45) is 50.2 Å². The minimum atomic E-state index is -4.94. The Labute approximate surface area is 406 Å². The molecular weight excluding hydrogens is 1030 g/mol. The van der Waals surface area contributed by atoms with Gasteiger partial charge in [0.15, 0.2) is 17.3 Å². The average molecular weight is 1080 g/mol. The number of hydrogen-bond donors (Lipinski definition) is 0. The van der Waals surface area contributed by atoms with Crippen LogP contribution in [0.25, 0.3) is 21.8 Å². The molecule has 0 amide bonds. The number of alkyl halides is 9. The first-order valence-corrected chi connectivity index (χ1v) is 21.2. The minimum Gasteiger partial charge on any atom is -0.869 e. The van der Waals surface area contributed by atoms with E-state index in [1.807, 2.05) is 12.1 Å². The maximum Gasteiger partial charge on any atom is 3.00 e. The predicted octanol–water partition coefficient (Wildman–Crippen LogP) is 9.35. The minimum absolute atomic E-state index is 0. The van der Waals surface area contributed by atoms with Gasteiger partial charge in [-0.25, -0.2) is 0 Å². The Morgan fingerprint density at radius 1 is 0.485 bits per heavy atom. The number of Topliss-reactive ketones (excluding diaryl/α,β-unsaturated/α-hetero) is 3. The molecule has 2 heterocycles. The standard InChI is InChI=1S/3C12H15F3O2.C12H8N2.Dy/c3*1-10(2)6-4-5-11(10,3)8(16)7(6)9(17)12(13,14)15;1-3-9-5-6-10-4-2-8-14-12(10)11(9)13-7-1;/h3*6,17H,4-5H2,1-3H3;1-8H;/q;;;;+3/p-3/b3*9-7-;;/t3*6-,11+;;/m000../s1. The van der Waals surface area contributed by atoms with Crippen LogP contribution in [-0.4, -0.2) is 45.8 Å². The Hall–Kier alpha value is -3.69. The second-order valence-corrected chi connectivity index (χ2v) is 20.4. The zero-order valence-electron chi connectivity index (χ0n) is 37.7. The summed E-state index contributed by atoms with van der Waals surface area (Å²) < 4.78 is 112. The van der Waals surface area contributed by atoms with Gasteiger partial charge in [0, 0.05) is 39.4 Å². The SMILES string of the molecule is CC1(C)[C@H]2CC[C@]1(C)C(=O)/C2=C(\[O-])C(F)(F)F.CC1(C)[C@H]2CC[C@]1(C)C(=O)/C2=C(\[O-])C(F)(F)F.CC1(C)[C@H]2CC[C@]1(C)C(=O)/C2=C(\[O-])C(F)(F)F.[Dy+3].c1cnc2c(c1)ccc1cccnc12. The third-order valence-corrected chi connectivity index (χ3v) is 16.8. The maximum atomic E-state index is 12.5. The van der Waals surface area contributed by atoms with Gasteiger partial charge in [0.25, 0.3) is 0 Å². The first kappa shape index (κ1) is 53.3. The molecule has 361 valence electrons. The number of ketones is 3. The molecule has 6 saturated carbocycles. The van der Waals surface area contributed by atoms with Gasteiger partial charge in [0.2, 0.25) is 0 Å². The van der Waals surface area contributed by atoms with E-state index in [1.165, 1.54) is 0 Å². The van der Waals surface area contributed by atoms with E-state index in [0.717, 1.165) is 21.8 Å². The van der Waals surface area contributed by atoms with Crippen molar-refractivity contribution in [2.45, 2.75) is 119 Å². The van der Waals surface area contributed by atoms with Gasteiger partial charge < -0.3 is 15.3 Å². The Bertz CT molecular complexity index is 2330. The smallest absolute Gasteiger partial charge is 0.869 e. The number of rotatable bonds is 0. The van der Waals surface area contributed by atoms with Gasteiger partial charge in [-0.15, -0.1) is 0 Å². The molecule has 1 radical (unpaired) electrons. The zero-order chi connectivity index (χ0) is 49.1. The summed E-state index contributed by atoms with van der Waals surface area (Å²) in [4.78, 5) is 44.8. The molecule has 0 saturated heterocycles. The van der Waals surface area contributed by atoms with Crippen LogP contribution in [0.2, 0.25) is 0 Å². The van der Waals surface area contributed by atoms with Crippen LogP contribution in [0.1, 0.15) is 101 Å². The number of halogens is 9. The molecule has 8 nitrogen and oxygen atoms in total. The van der Waals surface area contributed by atoms with Gasteiger partial charge in [-0.2, -0.15) is 39.5 Å². The van der Waals surface area contributed by atoms with Crippen LogP contribution in [0.5, 0.6) is 0 Å². The second kappa shape index (κ2) is 17.1. The molecule has 3 aromatic rings. The summed E-state index contributed by atoms with van der Waals surface area (Å²) in [6, 6.07) is 12.1. The van der Waals surface area contributed by atoms with Crippen molar-refractivity contribution in [1.82, 2.24) is 9.97 Å². The summed E-state index contributed by atoms with van der Waals surface area (Å²) in [7, 11) is 0. The molecule has 0 aliphatic heterocycles. The fourth-order valence-electron chi connectivity index (χ4n) is 11.5. The molecule has 0 unspecified atom stereocenters. The van der Waals surface area contributed by atoms with Crippen molar-refractivity contribution in [3.8, 4) is 0 Å². The van der Waals surface area contributed by atoms with E-state index in [4.69, 9.17) is 0 Å². The normalized spacial score (nSPS) is 32.2. The summed E-state index contributed by atoms with van der Waals surface area (Å²) in [5.74, 6) is -9.25. The Morgan fingerprint density at radius 3 is 0.924 bits per heavy atom. The van der Waals surface area contributed by atoms with Crippen LogP contribution in [-0.2, 0) is 14.4 Å². The molecule has 6 atom stereocenters. The van der Waals surface area contributed by atoms with Crippen molar-refractivity contribution in [3.63, 3.8) is 0 Å². The molecule has 9 rings (SSSR count). The van der Waals surface area contributed by atoms with Crippen molar-refractivity contribution < 1.29 is 107 Å². The molecule has 18 heteroatoms. The first-order valence-electron chi connectivity index (χ1n) is 21.2. The Morgan fingerprint density at radius 2 is 0.727 bits per heavy atom. The van der Waals surface area contributed by atoms with Crippen LogP contribution in [0.3, 0.4) is 0 Å². The van der Waals surface area contributed by atoms with E-state index in [-0.39, 0.29) is 38.2 Å². The van der Waals surface area contributed by atoms with Gasteiger partial charge >= 0.3 is 56.7 Å². The van der Waals surface area contributed by atoms with E-state index in [2.05, 4.69) is 34.2 Å². The van der Waals surface area contributed by atoms with Crippen LogP contribution in [0.4, 0.5) is 39.5 Å². The molecule has 2 aromatic heterocycles. The van der Waals surface area contributed by atoms with Crippen LogP contribution in [0, 0.1) is 88.4 Å². The summed E-state index contributed by atoms with van der Waals surface area (Å²) in [6.45, 7) is 15.7. The second-order valence-electron chi connectivity index (χ2n) is 20.4. The van der Waals surface area contributed by atoms with Crippen LogP contribution < -0.4 is 15.3 Å². The van der Waals surface area contributed by atoms with Gasteiger partial charge in [-0.1, -0.05) is 86.6 Å². The molecule has 0 spiro atoms. The number of benzene rings is 1. The van der Waals surface area contributed by atoms with Crippen molar-refractivity contribution >= 4 is 39.2 Å². The fraction of sp³-hybridized carbons (Fsp3) is 0.562. The number of carbonyl (C=O) groups is 3. The van der Waals surface area contributed by atoms with Gasteiger partial charge in [0.05, 0.1) is 11.0 Å². The monoisotopic (exact) mass is 1090 g/mol. The molecule has 6 fully saturated rings. The summed E-state index contributed by atoms with van der Waals surface area (Å²) >= 11 is 0. The van der Waals surface area contributed by atoms with E-state index >= 15 is 0 Å². The van der Waals surface area contributed by atoms with E-state index < -0.39 is 120 Å². The molecule has 6 aliphatic carbocycles. The molecule has 6 bridgehead atoms. The summed E-state index contributed by atoms with van der Waals surface area (Å²) in [6.07, 6.45) is -8.04. The zero-order valence-corrected chi connectivity index (χ0v) is 39.7. The number of nitrogens with zero attached hydrogens (tertiary/aromatic N) is 2. The van der Waals surface area contributed by atoms with Crippen LogP contribution in [0.15, 0.2) is 82.8 Å². The topological polar surface area (TPSA) is 146 Å². The number of fused-ring (bicyclic) bond motifs is 9. The van der Waals surface area contributed by atoms with Crippen molar-refractivity contribution in [3.05, 3.63) is 82.8 Å². The predicted molar refractivity (Wildman–Crippen MR) is 215 cm³/mol.